The van der Waals surface area contributed by atoms with Gasteiger partial charge in [-0.3, -0.25) is 24.0 Å². The van der Waals surface area contributed by atoms with Crippen LogP contribution >= 0.6 is 22.6 Å². The predicted molar refractivity (Wildman–Crippen MR) is 154 cm³/mol. The number of nitrogens with one attached hydrogen (secondary N) is 1. The summed E-state index contributed by atoms with van der Waals surface area (Å²) in [7, 11) is 2.64. The number of anilines is 1. The van der Waals surface area contributed by atoms with E-state index in [1.807, 2.05) is 22.6 Å². The Morgan fingerprint density at radius 2 is 1.69 bits per heavy atom. The molecule has 39 heavy (non-hydrogen) atoms. The van der Waals surface area contributed by atoms with Crippen LogP contribution in [0.2, 0.25) is 0 Å². The molecule has 2 heterocycles. The van der Waals surface area contributed by atoms with E-state index >= 15 is 4.39 Å². The van der Waals surface area contributed by atoms with E-state index in [2.05, 4.69) is 5.32 Å². The van der Waals surface area contributed by atoms with Gasteiger partial charge in [0.1, 0.15) is 34.0 Å². The summed E-state index contributed by atoms with van der Waals surface area (Å²) >= 11 is 1.94. The molecule has 1 N–H and O–H groups in total. The van der Waals surface area contributed by atoms with Crippen LogP contribution in [0.1, 0.15) is 26.3 Å². The van der Waals surface area contributed by atoms with Gasteiger partial charge in [-0.2, -0.15) is 0 Å². The first-order valence-corrected chi connectivity index (χ1v) is 12.9. The van der Waals surface area contributed by atoms with Crippen LogP contribution in [0.4, 0.5) is 14.9 Å². The van der Waals surface area contributed by atoms with Gasteiger partial charge < -0.3 is 9.47 Å². The highest BCUT2D eigenvalue weighted by molar-refractivity contribution is 14.1. The number of carbonyl (C=O) groups is 1. The van der Waals surface area contributed by atoms with Crippen molar-refractivity contribution < 1.29 is 18.7 Å². The summed E-state index contributed by atoms with van der Waals surface area (Å²) in [6.45, 7) is 6.90. The Bertz CT molecular complexity index is 1820. The number of fused-ring (bicyclic) bond motifs is 1. The van der Waals surface area contributed by atoms with E-state index in [-0.39, 0.29) is 28.2 Å². The molecular formula is C27H26FIN4O6. The second-order valence-corrected chi connectivity index (χ2v) is 11.1. The third-order valence-electron chi connectivity index (χ3n) is 5.87. The van der Waals surface area contributed by atoms with E-state index in [4.69, 9.17) is 9.47 Å². The molecule has 2 aromatic carbocycles. The van der Waals surface area contributed by atoms with Crippen LogP contribution < -0.4 is 26.9 Å². The predicted octanol–water partition coefficient (Wildman–Crippen LogP) is 4.58. The lowest BCUT2D eigenvalue weighted by molar-refractivity contribution is 0.0636. The Hall–Kier alpha value is -3.94. The summed E-state index contributed by atoms with van der Waals surface area (Å²) < 4.78 is 29.9. The van der Waals surface area contributed by atoms with Crippen molar-refractivity contribution in [3.63, 3.8) is 0 Å². The molecule has 0 saturated carbocycles. The van der Waals surface area contributed by atoms with Crippen LogP contribution in [0.25, 0.3) is 16.7 Å². The zero-order valence-corrected chi connectivity index (χ0v) is 24.2. The van der Waals surface area contributed by atoms with Gasteiger partial charge in [0, 0.05) is 29.3 Å². The Morgan fingerprint density at radius 1 is 1.00 bits per heavy atom. The van der Waals surface area contributed by atoms with Crippen LogP contribution in [0.15, 0.2) is 56.8 Å². The molecule has 10 nitrogen and oxygen atoms in total. The van der Waals surface area contributed by atoms with E-state index in [0.29, 0.717) is 14.8 Å². The molecule has 4 aromatic rings. The molecule has 0 saturated heterocycles. The first-order valence-electron chi connectivity index (χ1n) is 11.8. The fraction of sp³-hybridized carbons (Fsp3) is 0.259. The van der Waals surface area contributed by atoms with Crippen molar-refractivity contribution in [2.75, 3.05) is 5.32 Å². The fourth-order valence-electron chi connectivity index (χ4n) is 3.97. The number of rotatable bonds is 4. The van der Waals surface area contributed by atoms with Crippen molar-refractivity contribution in [2.24, 2.45) is 14.1 Å². The van der Waals surface area contributed by atoms with Crippen LogP contribution in [0, 0.1) is 16.3 Å². The Labute approximate surface area is 235 Å². The van der Waals surface area contributed by atoms with Gasteiger partial charge in [-0.1, -0.05) is 6.07 Å². The fourth-order valence-corrected chi connectivity index (χ4v) is 4.43. The SMILES string of the molecule is Cc1c(NC(=O)OC(C)(C)C)cccc1Oc1cc(=O)n(C)c2c1c(=O)n(C)c(=O)n2-c1ccc(I)cc1F. The van der Waals surface area contributed by atoms with Gasteiger partial charge in [-0.15, -0.1) is 0 Å². The molecule has 0 spiro atoms. The summed E-state index contributed by atoms with van der Waals surface area (Å²) in [6, 6.07) is 10.2. The number of aromatic nitrogens is 3. The lowest BCUT2D eigenvalue weighted by Gasteiger charge is -2.21. The molecule has 12 heteroatoms. The lowest BCUT2D eigenvalue weighted by Crippen LogP contribution is -2.40. The molecule has 2 aromatic heterocycles. The maximum absolute atomic E-state index is 15.0. The van der Waals surface area contributed by atoms with Crippen molar-refractivity contribution in [3.8, 4) is 17.2 Å². The lowest BCUT2D eigenvalue weighted by atomic mass is 10.1. The molecule has 0 bridgehead atoms. The molecule has 0 aliphatic carbocycles. The molecule has 0 atom stereocenters. The van der Waals surface area contributed by atoms with Crippen LogP contribution in [-0.4, -0.2) is 25.4 Å². The van der Waals surface area contributed by atoms with Gasteiger partial charge in [-0.25, -0.2) is 18.5 Å². The standard InChI is InChI=1S/C27H26FIN4O6/c1-14-17(30-25(36)39-27(2,3)4)8-7-9-19(14)38-20-13-21(34)31(5)23-22(20)24(35)32(6)26(37)33(23)18-11-10-15(29)12-16(18)28/h7-13H,1-6H3,(H,30,36). The Kier molecular flexibility index (Phi) is 7.43. The quantitative estimate of drug-likeness (QED) is 0.325. The monoisotopic (exact) mass is 648 g/mol. The number of amides is 1. The van der Waals surface area contributed by atoms with E-state index in [1.165, 1.54) is 26.2 Å². The van der Waals surface area contributed by atoms with Crippen molar-refractivity contribution in [1.29, 1.82) is 0 Å². The van der Waals surface area contributed by atoms with Crippen LogP contribution in [0.5, 0.6) is 11.5 Å². The summed E-state index contributed by atoms with van der Waals surface area (Å²) in [5.74, 6) is -0.608. The number of ether oxygens (including phenoxy) is 2. The van der Waals surface area contributed by atoms with Crippen LogP contribution in [0.3, 0.4) is 0 Å². The van der Waals surface area contributed by atoms with Gasteiger partial charge in [0.25, 0.3) is 11.1 Å². The van der Waals surface area contributed by atoms with E-state index in [1.54, 1.807) is 52.0 Å². The van der Waals surface area contributed by atoms with Gasteiger partial charge in [0.15, 0.2) is 0 Å². The Balaban J connectivity index is 1.93. The molecule has 0 radical (unpaired) electrons. The van der Waals surface area contributed by atoms with Crippen molar-refractivity contribution in [1.82, 2.24) is 13.7 Å². The molecule has 0 fully saturated rings. The largest absolute Gasteiger partial charge is 0.456 e. The maximum Gasteiger partial charge on any atom is 0.412 e. The minimum absolute atomic E-state index is 0.109. The van der Waals surface area contributed by atoms with Gasteiger partial charge >= 0.3 is 11.8 Å². The number of carbonyl (C=O) groups excluding carboxylic acids is 1. The number of hydrogen-bond donors (Lipinski definition) is 1. The summed E-state index contributed by atoms with van der Waals surface area (Å²) in [5.41, 5.74) is -2.25. The average molecular weight is 648 g/mol. The minimum atomic E-state index is -0.834. The van der Waals surface area contributed by atoms with Gasteiger partial charge in [0.2, 0.25) is 0 Å². The number of nitrogens with zero attached hydrogens (tertiary/aromatic N) is 3. The molecule has 0 aliphatic rings. The van der Waals surface area contributed by atoms with E-state index < -0.39 is 34.3 Å². The minimum Gasteiger partial charge on any atom is -0.456 e. The molecule has 204 valence electrons. The zero-order valence-electron chi connectivity index (χ0n) is 22.1. The third-order valence-corrected chi connectivity index (χ3v) is 6.54. The Morgan fingerprint density at radius 3 is 2.33 bits per heavy atom. The highest BCUT2D eigenvalue weighted by atomic mass is 127. The van der Waals surface area contributed by atoms with Gasteiger partial charge in [0.05, 0.1) is 11.4 Å². The number of aryl methyl sites for hydroxylation is 1. The first kappa shape index (κ1) is 28.1. The highest BCUT2D eigenvalue weighted by Gasteiger charge is 2.23. The summed E-state index contributed by atoms with van der Waals surface area (Å²) in [6.07, 6.45) is -0.667. The van der Waals surface area contributed by atoms with Gasteiger partial charge in [-0.05, 0) is 80.6 Å². The molecule has 1 amide bonds. The van der Waals surface area contributed by atoms with E-state index in [0.717, 1.165) is 19.8 Å². The second-order valence-electron chi connectivity index (χ2n) is 9.84. The number of pyridine rings is 1. The topological polar surface area (TPSA) is 114 Å². The first-order chi connectivity index (χ1) is 18.2. The van der Waals surface area contributed by atoms with Crippen LogP contribution in [-0.2, 0) is 18.8 Å². The maximum atomic E-state index is 15.0. The van der Waals surface area contributed by atoms with Crippen molar-refractivity contribution >= 4 is 45.4 Å². The smallest absolute Gasteiger partial charge is 0.412 e. The third kappa shape index (κ3) is 5.46. The molecule has 4 rings (SSSR count). The molecule has 0 unspecified atom stereocenters. The van der Waals surface area contributed by atoms with Crippen molar-refractivity contribution in [2.45, 2.75) is 33.3 Å². The number of benzene rings is 2. The summed E-state index contributed by atoms with van der Waals surface area (Å²) in [4.78, 5) is 51.9. The highest BCUT2D eigenvalue weighted by Crippen LogP contribution is 2.32. The van der Waals surface area contributed by atoms with Crippen molar-refractivity contribution in [3.05, 3.63) is 88.6 Å². The molecule has 0 aliphatic heterocycles. The number of hydrogen-bond acceptors (Lipinski definition) is 6. The molecular weight excluding hydrogens is 622 g/mol. The zero-order chi connectivity index (χ0) is 28.8. The van der Waals surface area contributed by atoms with E-state index in [9.17, 15) is 19.2 Å². The summed E-state index contributed by atoms with van der Waals surface area (Å²) in [5, 5.41) is 2.55. The average Bonchev–Trinajstić information content (AvgIpc) is 2.83. The second kappa shape index (κ2) is 10.3. The normalized spacial score (nSPS) is 11.5. The number of halogens is 2.